The highest BCUT2D eigenvalue weighted by molar-refractivity contribution is 6.01. The van der Waals surface area contributed by atoms with Gasteiger partial charge in [-0.3, -0.25) is 4.79 Å². The lowest BCUT2D eigenvalue weighted by Crippen LogP contribution is -2.29. The fourth-order valence-corrected chi connectivity index (χ4v) is 3.94. The monoisotopic (exact) mass is 244 g/mol. The number of aromatic hydroxyl groups is 1. The molecule has 2 nitrogen and oxygen atoms in total. The third kappa shape index (κ3) is 1.44. The summed E-state index contributed by atoms with van der Waals surface area (Å²) in [6, 6.07) is 1.78. The van der Waals surface area contributed by atoms with Gasteiger partial charge in [-0.1, -0.05) is 13.8 Å². The number of carbonyl (C=O) groups is 1. The highest BCUT2D eigenvalue weighted by Gasteiger charge is 2.39. The lowest BCUT2D eigenvalue weighted by Gasteiger charge is -2.39. The van der Waals surface area contributed by atoms with Crippen molar-refractivity contribution in [1.82, 2.24) is 0 Å². The van der Waals surface area contributed by atoms with E-state index in [0.717, 1.165) is 29.5 Å². The summed E-state index contributed by atoms with van der Waals surface area (Å²) in [6.07, 6.45) is 2.93. The van der Waals surface area contributed by atoms with Crippen molar-refractivity contribution in [2.75, 3.05) is 0 Å². The van der Waals surface area contributed by atoms with Gasteiger partial charge in [-0.05, 0) is 54.7 Å². The van der Waals surface area contributed by atoms with E-state index in [1.165, 1.54) is 5.56 Å². The summed E-state index contributed by atoms with van der Waals surface area (Å²) in [5.74, 6) is 1.91. The number of aryl methyl sites for hydroxylation is 1. The van der Waals surface area contributed by atoms with E-state index in [0.29, 0.717) is 29.9 Å². The molecule has 2 heteroatoms. The van der Waals surface area contributed by atoms with Gasteiger partial charge in [0.2, 0.25) is 0 Å². The van der Waals surface area contributed by atoms with Crippen molar-refractivity contribution in [1.29, 1.82) is 0 Å². The minimum absolute atomic E-state index is 0.265. The van der Waals surface area contributed by atoms with Crippen LogP contribution in [0.2, 0.25) is 0 Å². The quantitative estimate of drug-likeness (QED) is 0.751. The fraction of sp³-hybridized carbons (Fsp3) is 0.562. The van der Waals surface area contributed by atoms with Crippen LogP contribution in [0.25, 0.3) is 0 Å². The van der Waals surface area contributed by atoms with Gasteiger partial charge in [0.15, 0.2) is 5.78 Å². The Labute approximate surface area is 108 Å². The van der Waals surface area contributed by atoms with E-state index in [-0.39, 0.29) is 5.78 Å². The summed E-state index contributed by atoms with van der Waals surface area (Å²) in [5.41, 5.74) is 4.08. The Morgan fingerprint density at radius 2 is 1.94 bits per heavy atom. The smallest absolute Gasteiger partial charge is 0.163 e. The highest BCUT2D eigenvalue weighted by atomic mass is 16.3. The van der Waals surface area contributed by atoms with Crippen LogP contribution in [0, 0.1) is 12.8 Å². The number of ketones is 1. The molecule has 2 aliphatic carbocycles. The zero-order chi connectivity index (χ0) is 13.0. The summed E-state index contributed by atoms with van der Waals surface area (Å²) in [5, 5.41) is 10.2. The van der Waals surface area contributed by atoms with E-state index >= 15 is 0 Å². The van der Waals surface area contributed by atoms with Crippen LogP contribution in [-0.4, -0.2) is 10.9 Å². The van der Waals surface area contributed by atoms with E-state index in [4.69, 9.17) is 0 Å². The molecule has 0 spiro atoms. The topological polar surface area (TPSA) is 37.3 Å². The zero-order valence-corrected chi connectivity index (χ0v) is 11.3. The molecule has 0 unspecified atom stereocenters. The number of phenols is 1. The number of phenolic OH excluding ortho intramolecular Hbond substituents is 1. The maximum Gasteiger partial charge on any atom is 0.163 e. The number of carbonyl (C=O) groups excluding carboxylic acids is 1. The summed E-state index contributed by atoms with van der Waals surface area (Å²) >= 11 is 0. The third-order valence-electron chi connectivity index (χ3n) is 4.83. The second-order valence-corrected chi connectivity index (χ2v) is 6.10. The van der Waals surface area contributed by atoms with Crippen LogP contribution in [0.15, 0.2) is 6.07 Å². The van der Waals surface area contributed by atoms with Gasteiger partial charge >= 0.3 is 0 Å². The molecule has 0 fully saturated rings. The average molecular weight is 244 g/mol. The van der Waals surface area contributed by atoms with Crippen molar-refractivity contribution in [3.8, 4) is 5.75 Å². The molecule has 0 amide bonds. The number of hydrogen-bond donors (Lipinski definition) is 1. The Morgan fingerprint density at radius 3 is 2.67 bits per heavy atom. The Hall–Kier alpha value is -1.31. The van der Waals surface area contributed by atoms with Gasteiger partial charge in [-0.2, -0.15) is 0 Å². The molecular weight excluding hydrogens is 224 g/mol. The molecule has 0 bridgehead atoms. The second-order valence-electron chi connectivity index (χ2n) is 6.10. The van der Waals surface area contributed by atoms with Gasteiger partial charge in [-0.25, -0.2) is 0 Å². The molecular formula is C16H20O2. The molecule has 3 atom stereocenters. The van der Waals surface area contributed by atoms with E-state index in [2.05, 4.69) is 13.8 Å². The maximum absolute atomic E-state index is 12.3. The van der Waals surface area contributed by atoms with Crippen LogP contribution < -0.4 is 0 Å². The number of Topliss-reactive ketones (excluding diaryl/α,β-unsaturated/α-hetero) is 1. The van der Waals surface area contributed by atoms with Crippen LogP contribution in [-0.2, 0) is 0 Å². The molecule has 1 aromatic rings. The molecule has 0 saturated heterocycles. The first-order valence-corrected chi connectivity index (χ1v) is 6.90. The fourth-order valence-electron chi connectivity index (χ4n) is 3.94. The standard InChI is InChI=1S/C16H20O2/c1-8-4-5-11-9(2)6-12(17)15-10(3)7-13(18)14(8)16(11)15/h7-9,11,18H,4-6H2,1-3H3/t8-,9-,11+/m0/s1. The first kappa shape index (κ1) is 11.8. The van der Waals surface area contributed by atoms with E-state index in [1.807, 2.05) is 6.92 Å². The Kier molecular flexibility index (Phi) is 2.51. The molecule has 1 N–H and O–H groups in total. The van der Waals surface area contributed by atoms with Crippen molar-refractivity contribution in [2.24, 2.45) is 5.92 Å². The van der Waals surface area contributed by atoms with Gasteiger partial charge in [-0.15, -0.1) is 0 Å². The molecule has 0 aliphatic heterocycles. The molecule has 1 aromatic carbocycles. The van der Waals surface area contributed by atoms with Crippen LogP contribution >= 0.6 is 0 Å². The van der Waals surface area contributed by atoms with Crippen LogP contribution in [0.3, 0.4) is 0 Å². The van der Waals surface area contributed by atoms with Crippen LogP contribution in [0.5, 0.6) is 5.75 Å². The zero-order valence-electron chi connectivity index (χ0n) is 11.3. The van der Waals surface area contributed by atoms with Gasteiger partial charge in [0, 0.05) is 17.5 Å². The predicted molar refractivity (Wildman–Crippen MR) is 71.3 cm³/mol. The predicted octanol–water partition coefficient (Wildman–Crippen LogP) is 3.90. The average Bonchev–Trinajstić information content (AvgIpc) is 2.27. The van der Waals surface area contributed by atoms with Crippen molar-refractivity contribution in [2.45, 2.75) is 51.9 Å². The number of rotatable bonds is 0. The first-order chi connectivity index (χ1) is 8.50. The molecule has 2 aliphatic rings. The van der Waals surface area contributed by atoms with Gasteiger partial charge < -0.3 is 5.11 Å². The van der Waals surface area contributed by atoms with Crippen molar-refractivity contribution >= 4 is 5.78 Å². The Bertz CT molecular complexity index is 530. The highest BCUT2D eigenvalue weighted by Crippen LogP contribution is 2.51. The lowest BCUT2D eigenvalue weighted by molar-refractivity contribution is 0.0936. The number of hydrogen-bond acceptors (Lipinski definition) is 2. The minimum atomic E-state index is 0.265. The normalized spacial score (nSPS) is 30.2. The Balaban J connectivity index is 2.34. The summed E-state index contributed by atoms with van der Waals surface area (Å²) in [4.78, 5) is 12.3. The molecule has 18 heavy (non-hydrogen) atoms. The van der Waals surface area contributed by atoms with Gasteiger partial charge in [0.1, 0.15) is 5.75 Å². The van der Waals surface area contributed by atoms with Crippen LogP contribution in [0.1, 0.15) is 72.0 Å². The second kappa shape index (κ2) is 3.84. The maximum atomic E-state index is 12.3. The molecule has 96 valence electrons. The van der Waals surface area contributed by atoms with Crippen molar-refractivity contribution in [3.63, 3.8) is 0 Å². The summed E-state index contributed by atoms with van der Waals surface area (Å²) in [6.45, 7) is 6.27. The lowest BCUT2D eigenvalue weighted by atomic mass is 9.65. The van der Waals surface area contributed by atoms with E-state index in [9.17, 15) is 9.90 Å². The first-order valence-electron chi connectivity index (χ1n) is 6.90. The summed E-state index contributed by atoms with van der Waals surface area (Å²) in [7, 11) is 0. The SMILES string of the molecule is Cc1cc(O)c2c3c1C(=O)C[C@H](C)[C@H]3CC[C@@H]2C. The molecule has 0 heterocycles. The molecule has 0 aromatic heterocycles. The largest absolute Gasteiger partial charge is 0.508 e. The van der Waals surface area contributed by atoms with Crippen LogP contribution in [0.4, 0.5) is 0 Å². The van der Waals surface area contributed by atoms with Crippen molar-refractivity contribution < 1.29 is 9.90 Å². The third-order valence-corrected chi connectivity index (χ3v) is 4.83. The Morgan fingerprint density at radius 1 is 1.22 bits per heavy atom. The summed E-state index contributed by atoms with van der Waals surface area (Å²) < 4.78 is 0. The number of benzene rings is 1. The molecule has 0 radical (unpaired) electrons. The minimum Gasteiger partial charge on any atom is -0.508 e. The van der Waals surface area contributed by atoms with Crippen molar-refractivity contribution in [3.05, 3.63) is 28.3 Å². The molecule has 0 saturated carbocycles. The van der Waals surface area contributed by atoms with E-state index < -0.39 is 0 Å². The van der Waals surface area contributed by atoms with Gasteiger partial charge in [0.25, 0.3) is 0 Å². The van der Waals surface area contributed by atoms with E-state index in [1.54, 1.807) is 6.07 Å². The molecule has 3 rings (SSSR count). The van der Waals surface area contributed by atoms with Gasteiger partial charge in [0.05, 0.1) is 0 Å².